The van der Waals surface area contributed by atoms with Crippen LogP contribution >= 0.6 is 0 Å². The van der Waals surface area contributed by atoms with E-state index >= 15 is 0 Å². The van der Waals surface area contributed by atoms with Gasteiger partial charge in [-0.2, -0.15) is 0 Å². The lowest BCUT2D eigenvalue weighted by Gasteiger charge is -2.12. The fourth-order valence-corrected chi connectivity index (χ4v) is 2.06. The summed E-state index contributed by atoms with van der Waals surface area (Å²) >= 11 is 0. The van der Waals surface area contributed by atoms with Crippen LogP contribution in [0.1, 0.15) is 28.4 Å². The van der Waals surface area contributed by atoms with E-state index in [1.54, 1.807) is 0 Å². The minimum atomic E-state index is -0.420. The second kappa shape index (κ2) is 5.15. The van der Waals surface area contributed by atoms with Gasteiger partial charge in [0, 0.05) is 6.42 Å². The molecule has 0 radical (unpaired) electrons. The molecule has 2 aromatic rings. The van der Waals surface area contributed by atoms with Crippen molar-refractivity contribution in [2.45, 2.75) is 26.4 Å². The van der Waals surface area contributed by atoms with Crippen molar-refractivity contribution in [3.63, 3.8) is 0 Å². The van der Waals surface area contributed by atoms with Crippen molar-refractivity contribution in [1.82, 2.24) is 0 Å². The van der Waals surface area contributed by atoms with E-state index in [0.717, 1.165) is 5.56 Å². The SMILES string of the molecule is Cc1cccc(CC(O)c2cccc(C)c2)c1. The molecule has 0 aromatic heterocycles. The number of aliphatic hydroxyl groups excluding tert-OH is 1. The van der Waals surface area contributed by atoms with Crippen molar-refractivity contribution in [1.29, 1.82) is 0 Å². The van der Waals surface area contributed by atoms with Crippen LogP contribution < -0.4 is 0 Å². The van der Waals surface area contributed by atoms with Gasteiger partial charge in [0.15, 0.2) is 0 Å². The summed E-state index contributed by atoms with van der Waals surface area (Å²) in [5, 5.41) is 10.2. The molecule has 0 heterocycles. The summed E-state index contributed by atoms with van der Waals surface area (Å²) in [6, 6.07) is 16.3. The van der Waals surface area contributed by atoms with Crippen molar-refractivity contribution in [3.05, 3.63) is 70.8 Å². The monoisotopic (exact) mass is 226 g/mol. The lowest BCUT2D eigenvalue weighted by Crippen LogP contribution is -2.02. The molecule has 0 fully saturated rings. The minimum absolute atomic E-state index is 0.420. The van der Waals surface area contributed by atoms with E-state index in [0.29, 0.717) is 6.42 Å². The fourth-order valence-electron chi connectivity index (χ4n) is 2.06. The predicted octanol–water partition coefficient (Wildman–Crippen LogP) is 3.58. The molecule has 0 bridgehead atoms. The van der Waals surface area contributed by atoms with Crippen molar-refractivity contribution in [3.8, 4) is 0 Å². The standard InChI is InChI=1S/C16H18O/c1-12-5-3-7-14(9-12)11-16(17)15-8-4-6-13(2)10-15/h3-10,16-17H,11H2,1-2H3. The molecule has 0 aliphatic rings. The lowest BCUT2D eigenvalue weighted by atomic mass is 9.99. The molecule has 1 atom stereocenters. The van der Waals surface area contributed by atoms with Crippen molar-refractivity contribution in [2.75, 3.05) is 0 Å². The third kappa shape index (κ3) is 3.18. The highest BCUT2D eigenvalue weighted by molar-refractivity contribution is 5.28. The molecule has 17 heavy (non-hydrogen) atoms. The van der Waals surface area contributed by atoms with Crippen LogP contribution in [0.4, 0.5) is 0 Å². The maximum Gasteiger partial charge on any atom is 0.0830 e. The van der Waals surface area contributed by atoms with Crippen LogP contribution in [0, 0.1) is 13.8 Å². The zero-order valence-electron chi connectivity index (χ0n) is 10.4. The van der Waals surface area contributed by atoms with Crippen LogP contribution in [-0.4, -0.2) is 5.11 Å². The molecule has 1 nitrogen and oxygen atoms in total. The molecule has 0 aliphatic heterocycles. The van der Waals surface area contributed by atoms with Gasteiger partial charge in [0.25, 0.3) is 0 Å². The van der Waals surface area contributed by atoms with Crippen LogP contribution in [0.3, 0.4) is 0 Å². The Hall–Kier alpha value is -1.60. The molecule has 0 aliphatic carbocycles. The van der Waals surface area contributed by atoms with Gasteiger partial charge in [-0.05, 0) is 25.0 Å². The highest BCUT2D eigenvalue weighted by Gasteiger charge is 2.08. The van der Waals surface area contributed by atoms with Crippen LogP contribution in [0.15, 0.2) is 48.5 Å². The summed E-state index contributed by atoms with van der Waals surface area (Å²) in [5.41, 5.74) is 4.59. The number of benzene rings is 2. The van der Waals surface area contributed by atoms with Crippen LogP contribution in [-0.2, 0) is 6.42 Å². The summed E-state index contributed by atoms with van der Waals surface area (Å²) in [6.07, 6.45) is 0.252. The Morgan fingerprint density at radius 2 is 1.59 bits per heavy atom. The van der Waals surface area contributed by atoms with Crippen molar-refractivity contribution < 1.29 is 5.11 Å². The number of aliphatic hydroxyl groups is 1. The van der Waals surface area contributed by atoms with Gasteiger partial charge in [-0.15, -0.1) is 0 Å². The first-order chi connectivity index (χ1) is 8.15. The minimum Gasteiger partial charge on any atom is -0.388 e. The summed E-state index contributed by atoms with van der Waals surface area (Å²) in [7, 11) is 0. The fraction of sp³-hybridized carbons (Fsp3) is 0.250. The molecule has 1 heteroatoms. The second-order valence-electron chi connectivity index (χ2n) is 4.62. The molecule has 1 unspecified atom stereocenters. The highest BCUT2D eigenvalue weighted by atomic mass is 16.3. The zero-order chi connectivity index (χ0) is 12.3. The van der Waals surface area contributed by atoms with E-state index in [-0.39, 0.29) is 0 Å². The molecular formula is C16H18O. The van der Waals surface area contributed by atoms with E-state index in [4.69, 9.17) is 0 Å². The number of aryl methyl sites for hydroxylation is 2. The normalized spacial score (nSPS) is 12.4. The highest BCUT2D eigenvalue weighted by Crippen LogP contribution is 2.19. The van der Waals surface area contributed by atoms with Gasteiger partial charge in [-0.3, -0.25) is 0 Å². The Morgan fingerprint density at radius 1 is 0.941 bits per heavy atom. The van der Waals surface area contributed by atoms with E-state index in [9.17, 15) is 5.11 Å². The van der Waals surface area contributed by atoms with Gasteiger partial charge < -0.3 is 5.11 Å². The topological polar surface area (TPSA) is 20.2 Å². The van der Waals surface area contributed by atoms with E-state index in [2.05, 4.69) is 25.1 Å². The molecule has 2 aromatic carbocycles. The first kappa shape index (κ1) is 11.9. The van der Waals surface area contributed by atoms with Gasteiger partial charge >= 0.3 is 0 Å². The smallest absolute Gasteiger partial charge is 0.0830 e. The van der Waals surface area contributed by atoms with Crippen molar-refractivity contribution >= 4 is 0 Å². The van der Waals surface area contributed by atoms with Crippen molar-refractivity contribution in [2.24, 2.45) is 0 Å². The molecule has 0 saturated heterocycles. The first-order valence-electron chi connectivity index (χ1n) is 5.95. The average Bonchev–Trinajstić information content (AvgIpc) is 2.29. The van der Waals surface area contributed by atoms with Gasteiger partial charge in [0.2, 0.25) is 0 Å². The predicted molar refractivity (Wildman–Crippen MR) is 71.0 cm³/mol. The summed E-state index contributed by atoms with van der Waals surface area (Å²) in [6.45, 7) is 4.12. The molecule has 1 N–H and O–H groups in total. The summed E-state index contributed by atoms with van der Waals surface area (Å²) in [5.74, 6) is 0. The maximum atomic E-state index is 10.2. The van der Waals surface area contributed by atoms with Gasteiger partial charge in [0.05, 0.1) is 6.10 Å². The van der Waals surface area contributed by atoms with Gasteiger partial charge in [0.1, 0.15) is 0 Å². The number of hydrogen-bond acceptors (Lipinski definition) is 1. The van der Waals surface area contributed by atoms with E-state index in [1.165, 1.54) is 16.7 Å². The zero-order valence-corrected chi connectivity index (χ0v) is 10.4. The first-order valence-corrected chi connectivity index (χ1v) is 5.95. The van der Waals surface area contributed by atoms with Crippen LogP contribution in [0.2, 0.25) is 0 Å². The Labute approximate surface area is 103 Å². The lowest BCUT2D eigenvalue weighted by molar-refractivity contribution is 0.178. The molecule has 0 amide bonds. The molecule has 0 spiro atoms. The third-order valence-electron chi connectivity index (χ3n) is 2.94. The number of hydrogen-bond donors (Lipinski definition) is 1. The molecule has 88 valence electrons. The maximum absolute atomic E-state index is 10.2. The summed E-state index contributed by atoms with van der Waals surface area (Å²) in [4.78, 5) is 0. The quantitative estimate of drug-likeness (QED) is 0.848. The Kier molecular flexibility index (Phi) is 3.60. The third-order valence-corrected chi connectivity index (χ3v) is 2.94. The van der Waals surface area contributed by atoms with Gasteiger partial charge in [-0.25, -0.2) is 0 Å². The van der Waals surface area contributed by atoms with E-state index in [1.807, 2.05) is 37.3 Å². The van der Waals surface area contributed by atoms with E-state index < -0.39 is 6.10 Å². The van der Waals surface area contributed by atoms with Crippen LogP contribution in [0.25, 0.3) is 0 Å². The van der Waals surface area contributed by atoms with Crippen LogP contribution in [0.5, 0.6) is 0 Å². The number of rotatable bonds is 3. The molecule has 0 saturated carbocycles. The van der Waals surface area contributed by atoms with Gasteiger partial charge in [-0.1, -0.05) is 59.7 Å². The summed E-state index contributed by atoms with van der Waals surface area (Å²) < 4.78 is 0. The molecular weight excluding hydrogens is 208 g/mol. The Morgan fingerprint density at radius 3 is 2.24 bits per heavy atom. The second-order valence-corrected chi connectivity index (χ2v) is 4.62. The Balaban J connectivity index is 2.14. The largest absolute Gasteiger partial charge is 0.388 e. The Bertz CT molecular complexity index is 502. The average molecular weight is 226 g/mol. The molecule has 2 rings (SSSR count).